The van der Waals surface area contributed by atoms with Gasteiger partial charge in [-0.1, -0.05) is 23.5 Å². The fraction of sp³-hybridized carbons (Fsp3) is 0.483. The number of nitrogens with zero attached hydrogens (tertiary/aromatic N) is 4. The van der Waals surface area contributed by atoms with Crippen LogP contribution in [-0.4, -0.2) is 88.7 Å². The third-order valence-electron chi connectivity index (χ3n) is 7.47. The molecule has 2 bridgehead atoms. The highest BCUT2D eigenvalue weighted by atomic mass is 32.1. The van der Waals surface area contributed by atoms with Crippen LogP contribution in [0.4, 0.5) is 4.79 Å². The van der Waals surface area contributed by atoms with Crippen LogP contribution in [0.1, 0.15) is 27.2 Å². The van der Waals surface area contributed by atoms with Crippen molar-refractivity contribution in [2.45, 2.75) is 44.9 Å². The van der Waals surface area contributed by atoms with Gasteiger partial charge in [-0.2, -0.15) is 0 Å². The van der Waals surface area contributed by atoms with Crippen LogP contribution in [0.25, 0.3) is 10.2 Å². The Bertz CT molecular complexity index is 1310. The fourth-order valence-corrected chi connectivity index (χ4v) is 6.35. The molecule has 206 valence electrons. The van der Waals surface area contributed by atoms with E-state index in [1.54, 1.807) is 4.90 Å². The van der Waals surface area contributed by atoms with Crippen molar-refractivity contribution in [3.63, 3.8) is 0 Å². The van der Waals surface area contributed by atoms with Gasteiger partial charge in [0, 0.05) is 44.8 Å². The zero-order valence-electron chi connectivity index (χ0n) is 22.5. The van der Waals surface area contributed by atoms with E-state index in [0.717, 1.165) is 47.8 Å². The molecule has 3 aromatic rings. The lowest BCUT2D eigenvalue weighted by molar-refractivity contribution is -0.143. The van der Waals surface area contributed by atoms with Crippen LogP contribution in [0.2, 0.25) is 0 Å². The first-order valence-corrected chi connectivity index (χ1v) is 14.3. The maximum Gasteiger partial charge on any atom is 0.410 e. The molecule has 2 aromatic carbocycles. The predicted molar refractivity (Wildman–Crippen MR) is 148 cm³/mol. The minimum Gasteiger partial charge on any atom is -0.492 e. The van der Waals surface area contributed by atoms with E-state index < -0.39 is 5.60 Å². The first-order valence-electron chi connectivity index (χ1n) is 13.5. The molecule has 3 saturated heterocycles. The Balaban J connectivity index is 0.920. The normalized spacial score (nSPS) is 21.3. The molecule has 1 aromatic heterocycles. The van der Waals surface area contributed by atoms with Gasteiger partial charge in [0.05, 0.1) is 16.1 Å². The van der Waals surface area contributed by atoms with Gasteiger partial charge in [-0.15, -0.1) is 0 Å². The van der Waals surface area contributed by atoms with Crippen molar-refractivity contribution < 1.29 is 23.8 Å². The molecule has 3 fully saturated rings. The second-order valence-electron chi connectivity index (χ2n) is 11.5. The summed E-state index contributed by atoms with van der Waals surface area (Å²) in [6, 6.07) is 16.2. The second kappa shape index (κ2) is 10.3. The van der Waals surface area contributed by atoms with Crippen molar-refractivity contribution in [1.29, 1.82) is 0 Å². The molecule has 0 saturated carbocycles. The van der Waals surface area contributed by atoms with E-state index in [-0.39, 0.29) is 24.0 Å². The largest absolute Gasteiger partial charge is 0.492 e. The summed E-state index contributed by atoms with van der Waals surface area (Å²) < 4.78 is 18.4. The lowest BCUT2D eigenvalue weighted by atomic mass is 9.98. The smallest absolute Gasteiger partial charge is 0.410 e. The van der Waals surface area contributed by atoms with Crippen LogP contribution >= 0.6 is 11.3 Å². The maximum absolute atomic E-state index is 13.1. The molecule has 10 heteroatoms. The molecule has 0 N–H and O–H groups in total. The molecule has 2 atom stereocenters. The lowest BCUT2D eigenvalue weighted by Crippen LogP contribution is -2.59. The zero-order chi connectivity index (χ0) is 27.1. The SMILES string of the molecule is CC(C)(C)OC(=O)N1CC(C(=O)N2CC3CC2CN3CCOc2ccc(Oc3nc4ccccc4s3)cc2)C1. The molecule has 4 heterocycles. The van der Waals surface area contributed by atoms with Gasteiger partial charge in [-0.25, -0.2) is 9.78 Å². The average Bonchev–Trinajstić information content (AvgIpc) is 3.56. The number of carbonyl (C=O) groups is 2. The number of aromatic nitrogens is 1. The highest BCUT2D eigenvalue weighted by Gasteiger charge is 2.48. The third-order valence-corrected chi connectivity index (χ3v) is 8.38. The second-order valence-corrected chi connectivity index (χ2v) is 12.5. The Morgan fingerprint density at radius 1 is 0.974 bits per heavy atom. The van der Waals surface area contributed by atoms with E-state index in [0.29, 0.717) is 30.9 Å². The maximum atomic E-state index is 13.1. The Hall–Kier alpha value is -3.37. The van der Waals surface area contributed by atoms with E-state index in [2.05, 4.69) is 9.88 Å². The van der Waals surface area contributed by atoms with E-state index in [9.17, 15) is 9.59 Å². The van der Waals surface area contributed by atoms with Crippen LogP contribution in [0, 0.1) is 5.92 Å². The summed E-state index contributed by atoms with van der Waals surface area (Å²) in [7, 11) is 0. The minimum atomic E-state index is -0.525. The molecule has 3 aliphatic heterocycles. The third kappa shape index (κ3) is 5.67. The van der Waals surface area contributed by atoms with E-state index >= 15 is 0 Å². The number of rotatable bonds is 7. The van der Waals surface area contributed by atoms with Crippen LogP contribution in [0.15, 0.2) is 48.5 Å². The summed E-state index contributed by atoms with van der Waals surface area (Å²) in [5.41, 5.74) is 0.414. The highest BCUT2D eigenvalue weighted by molar-refractivity contribution is 7.20. The van der Waals surface area contributed by atoms with Crippen molar-refractivity contribution in [3.05, 3.63) is 48.5 Å². The van der Waals surface area contributed by atoms with Crippen molar-refractivity contribution in [2.24, 2.45) is 5.92 Å². The molecule has 2 unspecified atom stereocenters. The summed E-state index contributed by atoms with van der Waals surface area (Å²) in [4.78, 5) is 35.8. The van der Waals surface area contributed by atoms with Gasteiger partial charge in [0.15, 0.2) is 0 Å². The standard InChI is InChI=1S/C29H34N4O5S/c1-29(2,3)38-28(35)32-15-19(16-32)26(34)33-18-20-14-21(33)17-31(20)12-13-36-22-8-10-23(11-9-22)37-27-30-24-6-4-5-7-25(24)39-27/h4-11,19-21H,12-18H2,1-3H3. The molecular formula is C29H34N4O5S. The van der Waals surface area contributed by atoms with Crippen molar-refractivity contribution in [2.75, 3.05) is 39.3 Å². The molecule has 2 amide bonds. The molecule has 0 aliphatic carbocycles. The molecule has 0 radical (unpaired) electrons. The van der Waals surface area contributed by atoms with Crippen molar-refractivity contribution in [3.8, 4) is 16.7 Å². The Labute approximate surface area is 232 Å². The average molecular weight is 551 g/mol. The zero-order valence-corrected chi connectivity index (χ0v) is 23.4. The fourth-order valence-electron chi connectivity index (χ4n) is 5.52. The van der Waals surface area contributed by atoms with Crippen LogP contribution in [0.5, 0.6) is 16.7 Å². The van der Waals surface area contributed by atoms with Crippen LogP contribution in [-0.2, 0) is 9.53 Å². The topological polar surface area (TPSA) is 84.4 Å². The van der Waals surface area contributed by atoms with Gasteiger partial charge < -0.3 is 24.0 Å². The molecular weight excluding hydrogens is 516 g/mol. The van der Waals surface area contributed by atoms with Gasteiger partial charge in [0.2, 0.25) is 5.91 Å². The summed E-state index contributed by atoms with van der Waals surface area (Å²) >= 11 is 1.53. The Kier molecular flexibility index (Phi) is 6.84. The number of carbonyl (C=O) groups excluding carboxylic acids is 2. The quantitative estimate of drug-likeness (QED) is 0.425. The number of piperazine rings is 1. The summed E-state index contributed by atoms with van der Waals surface area (Å²) in [6.45, 7) is 9.48. The summed E-state index contributed by atoms with van der Waals surface area (Å²) in [6.07, 6.45) is 0.669. The molecule has 6 rings (SSSR count). The van der Waals surface area contributed by atoms with Gasteiger partial charge in [-0.05, 0) is 63.6 Å². The Morgan fingerprint density at radius 3 is 2.41 bits per heavy atom. The monoisotopic (exact) mass is 550 g/mol. The van der Waals surface area contributed by atoms with Crippen molar-refractivity contribution in [1.82, 2.24) is 19.7 Å². The van der Waals surface area contributed by atoms with E-state index in [1.165, 1.54) is 11.3 Å². The van der Waals surface area contributed by atoms with E-state index in [1.807, 2.05) is 74.2 Å². The summed E-state index contributed by atoms with van der Waals surface area (Å²) in [5, 5.41) is 0.624. The number of likely N-dealkylation sites (tertiary alicyclic amines) is 3. The van der Waals surface area contributed by atoms with Gasteiger partial charge >= 0.3 is 6.09 Å². The number of hydrogen-bond acceptors (Lipinski definition) is 8. The molecule has 3 aliphatic rings. The first-order chi connectivity index (χ1) is 18.7. The van der Waals surface area contributed by atoms with Gasteiger partial charge in [-0.3, -0.25) is 9.69 Å². The number of amides is 2. The summed E-state index contributed by atoms with van der Waals surface area (Å²) in [5.74, 6) is 1.58. The number of para-hydroxylation sites is 1. The number of benzene rings is 2. The lowest BCUT2D eigenvalue weighted by Gasteiger charge is -2.42. The highest BCUT2D eigenvalue weighted by Crippen LogP contribution is 2.34. The van der Waals surface area contributed by atoms with Crippen LogP contribution < -0.4 is 9.47 Å². The molecule has 0 spiro atoms. The minimum absolute atomic E-state index is 0.116. The van der Waals surface area contributed by atoms with Gasteiger partial charge in [0.1, 0.15) is 23.7 Å². The molecule has 39 heavy (non-hydrogen) atoms. The van der Waals surface area contributed by atoms with Crippen molar-refractivity contribution >= 4 is 33.6 Å². The number of ether oxygens (including phenoxy) is 3. The predicted octanol–water partition coefficient (Wildman–Crippen LogP) is 4.62. The number of thiazole rings is 1. The van der Waals surface area contributed by atoms with Gasteiger partial charge in [0.25, 0.3) is 5.19 Å². The van der Waals surface area contributed by atoms with Crippen LogP contribution in [0.3, 0.4) is 0 Å². The number of hydrogen-bond donors (Lipinski definition) is 0. The molecule has 9 nitrogen and oxygen atoms in total. The Morgan fingerprint density at radius 2 is 1.72 bits per heavy atom. The first kappa shape index (κ1) is 25.9. The number of fused-ring (bicyclic) bond motifs is 3. The van der Waals surface area contributed by atoms with E-state index in [4.69, 9.17) is 14.2 Å².